The van der Waals surface area contributed by atoms with Crippen LogP contribution in [0.1, 0.15) is 33.2 Å². The van der Waals surface area contributed by atoms with E-state index in [-0.39, 0.29) is 11.9 Å². The van der Waals surface area contributed by atoms with E-state index in [9.17, 15) is 4.79 Å². The van der Waals surface area contributed by atoms with Crippen LogP contribution in [0.5, 0.6) is 5.75 Å². The van der Waals surface area contributed by atoms with Gasteiger partial charge in [0.2, 0.25) is 0 Å². The Morgan fingerprint density at radius 1 is 0.964 bits per heavy atom. The number of H-pyrrole nitrogens is 1. The Morgan fingerprint density at radius 3 is 2.54 bits per heavy atom. The van der Waals surface area contributed by atoms with Gasteiger partial charge < -0.3 is 14.6 Å². The highest BCUT2D eigenvalue weighted by atomic mass is 16.5. The van der Waals surface area contributed by atoms with E-state index < -0.39 is 0 Å². The monoisotopic (exact) mass is 368 g/mol. The summed E-state index contributed by atoms with van der Waals surface area (Å²) in [5.41, 5.74) is 4.84. The molecule has 1 unspecified atom stereocenters. The van der Waals surface area contributed by atoms with Gasteiger partial charge in [0.15, 0.2) is 0 Å². The first-order valence-corrected chi connectivity index (χ1v) is 9.35. The first kappa shape index (κ1) is 16.6. The number of para-hydroxylation sites is 2. The molecule has 1 aliphatic heterocycles. The van der Waals surface area contributed by atoms with E-state index in [4.69, 9.17) is 4.74 Å². The van der Waals surface area contributed by atoms with Gasteiger partial charge in [0.05, 0.1) is 7.11 Å². The Bertz CT molecular complexity index is 1140. The third kappa shape index (κ3) is 2.57. The number of nitrogens with zero attached hydrogens (tertiary/aromatic N) is 1. The Labute approximate surface area is 163 Å². The zero-order valence-corrected chi connectivity index (χ0v) is 15.6. The van der Waals surface area contributed by atoms with Crippen molar-refractivity contribution in [2.24, 2.45) is 0 Å². The lowest BCUT2D eigenvalue weighted by Crippen LogP contribution is -2.30. The van der Waals surface area contributed by atoms with Gasteiger partial charge >= 0.3 is 0 Å². The second kappa shape index (κ2) is 6.57. The molecule has 0 saturated carbocycles. The Morgan fingerprint density at radius 2 is 1.71 bits per heavy atom. The fourth-order valence-corrected chi connectivity index (χ4v) is 4.12. The van der Waals surface area contributed by atoms with Crippen LogP contribution in [0, 0.1) is 0 Å². The van der Waals surface area contributed by atoms with Crippen molar-refractivity contribution in [1.82, 2.24) is 9.88 Å². The molecule has 2 heterocycles. The number of aromatic nitrogens is 1. The summed E-state index contributed by atoms with van der Waals surface area (Å²) in [5, 5.41) is 1.13. The second-order valence-corrected chi connectivity index (χ2v) is 7.05. The van der Waals surface area contributed by atoms with Gasteiger partial charge in [-0.1, -0.05) is 54.6 Å². The Kier molecular flexibility index (Phi) is 3.90. The van der Waals surface area contributed by atoms with Gasteiger partial charge in [-0.2, -0.15) is 0 Å². The first-order valence-electron chi connectivity index (χ1n) is 9.35. The number of carbonyl (C=O) groups excluding carboxylic acids is 1. The van der Waals surface area contributed by atoms with E-state index in [1.807, 2.05) is 65.6 Å². The average molecular weight is 368 g/mol. The molecule has 1 aromatic heterocycles. The van der Waals surface area contributed by atoms with Crippen molar-refractivity contribution in [3.63, 3.8) is 0 Å². The molecule has 0 aliphatic carbocycles. The number of nitrogens with one attached hydrogen (secondary N) is 1. The quantitative estimate of drug-likeness (QED) is 0.556. The average Bonchev–Trinajstić information content (AvgIpc) is 3.30. The fourth-order valence-electron chi connectivity index (χ4n) is 4.12. The maximum atomic E-state index is 13.3. The van der Waals surface area contributed by atoms with Gasteiger partial charge in [0.25, 0.3) is 5.91 Å². The number of benzene rings is 3. The number of carbonyl (C=O) groups is 1. The van der Waals surface area contributed by atoms with E-state index in [0.29, 0.717) is 6.54 Å². The largest absolute Gasteiger partial charge is 0.496 e. The molecule has 1 amide bonds. The lowest BCUT2D eigenvalue weighted by atomic mass is 10.0. The lowest BCUT2D eigenvalue weighted by molar-refractivity contribution is 0.0727. The van der Waals surface area contributed by atoms with E-state index >= 15 is 0 Å². The van der Waals surface area contributed by atoms with Crippen LogP contribution < -0.4 is 4.74 Å². The van der Waals surface area contributed by atoms with Crippen LogP contribution in [0.2, 0.25) is 0 Å². The number of hydrogen-bond donors (Lipinski definition) is 1. The second-order valence-electron chi connectivity index (χ2n) is 7.05. The zero-order chi connectivity index (χ0) is 19.1. The van der Waals surface area contributed by atoms with Crippen LogP contribution in [0.3, 0.4) is 0 Å². The summed E-state index contributed by atoms with van der Waals surface area (Å²) in [6.07, 6.45) is 0. The van der Waals surface area contributed by atoms with Crippen LogP contribution in [-0.2, 0) is 6.54 Å². The minimum Gasteiger partial charge on any atom is -0.496 e. The molecule has 4 nitrogen and oxygen atoms in total. The minimum absolute atomic E-state index is 0.0464. The summed E-state index contributed by atoms with van der Waals surface area (Å²) in [6, 6.07) is 25.8. The van der Waals surface area contributed by atoms with Crippen molar-refractivity contribution >= 4 is 16.8 Å². The smallest absolute Gasteiger partial charge is 0.255 e. The van der Waals surface area contributed by atoms with Crippen molar-refractivity contribution in [1.29, 1.82) is 0 Å². The Balaban J connectivity index is 1.68. The molecule has 4 aromatic rings. The van der Waals surface area contributed by atoms with Crippen LogP contribution in [-0.4, -0.2) is 22.9 Å². The van der Waals surface area contributed by atoms with Crippen LogP contribution in [0.15, 0.2) is 78.9 Å². The summed E-state index contributed by atoms with van der Waals surface area (Å²) in [6.45, 7) is 0.576. The number of hydrogen-bond acceptors (Lipinski definition) is 2. The first-order chi connectivity index (χ1) is 13.8. The maximum Gasteiger partial charge on any atom is 0.255 e. The highest BCUT2D eigenvalue weighted by molar-refractivity contribution is 5.99. The van der Waals surface area contributed by atoms with Crippen molar-refractivity contribution in [2.75, 3.05) is 7.11 Å². The van der Waals surface area contributed by atoms with Gasteiger partial charge in [-0.25, -0.2) is 0 Å². The van der Waals surface area contributed by atoms with E-state index in [1.165, 1.54) is 0 Å². The number of rotatable bonds is 4. The SMILES string of the molecule is COc1ccccc1C(c1cc2ccccc2[nH]1)N1Cc2ccccc2C1=O. The standard InChI is InChI=1S/C24H20N2O2/c1-28-22-13-7-5-11-19(22)23(21-14-16-8-3-6-12-20(16)25-21)26-15-17-9-2-4-10-18(17)24(26)27/h2-14,23,25H,15H2,1H3. The van der Waals surface area contributed by atoms with Gasteiger partial charge in [0, 0.05) is 28.9 Å². The predicted molar refractivity (Wildman–Crippen MR) is 109 cm³/mol. The summed E-state index contributed by atoms with van der Waals surface area (Å²) >= 11 is 0. The summed E-state index contributed by atoms with van der Waals surface area (Å²) in [4.78, 5) is 18.7. The van der Waals surface area contributed by atoms with Gasteiger partial charge in [0.1, 0.15) is 11.8 Å². The number of fused-ring (bicyclic) bond motifs is 2. The summed E-state index contributed by atoms with van der Waals surface area (Å²) < 4.78 is 5.64. The molecule has 0 bridgehead atoms. The van der Waals surface area contributed by atoms with Crippen molar-refractivity contribution in [2.45, 2.75) is 12.6 Å². The van der Waals surface area contributed by atoms with Gasteiger partial charge in [-0.15, -0.1) is 0 Å². The maximum absolute atomic E-state index is 13.3. The Hall–Kier alpha value is -3.53. The van der Waals surface area contributed by atoms with Crippen molar-refractivity contribution in [3.8, 4) is 5.75 Å². The zero-order valence-electron chi connectivity index (χ0n) is 15.6. The number of ether oxygens (including phenoxy) is 1. The van der Waals surface area contributed by atoms with Gasteiger partial charge in [-0.3, -0.25) is 4.79 Å². The number of methoxy groups -OCH3 is 1. The van der Waals surface area contributed by atoms with Crippen molar-refractivity contribution < 1.29 is 9.53 Å². The summed E-state index contributed by atoms with van der Waals surface area (Å²) in [5.74, 6) is 0.820. The van der Waals surface area contributed by atoms with E-state index in [1.54, 1.807) is 7.11 Å². The molecule has 0 radical (unpaired) electrons. The summed E-state index contributed by atoms with van der Waals surface area (Å²) in [7, 11) is 1.67. The normalized spacial score (nSPS) is 14.3. The molecule has 1 atom stereocenters. The molecule has 138 valence electrons. The minimum atomic E-state index is -0.261. The number of amides is 1. The fraction of sp³-hybridized carbons (Fsp3) is 0.125. The molecule has 0 spiro atoms. The van der Waals surface area contributed by atoms with E-state index in [2.05, 4.69) is 23.2 Å². The topological polar surface area (TPSA) is 45.3 Å². The predicted octanol–water partition coefficient (Wildman–Crippen LogP) is 4.92. The molecule has 0 saturated heterocycles. The molecule has 5 rings (SSSR count). The molecular formula is C24H20N2O2. The van der Waals surface area contributed by atoms with Crippen LogP contribution in [0.25, 0.3) is 10.9 Å². The lowest BCUT2D eigenvalue weighted by Gasteiger charge is -2.28. The molecule has 0 fully saturated rings. The van der Waals surface area contributed by atoms with Gasteiger partial charge in [-0.05, 0) is 35.2 Å². The van der Waals surface area contributed by atoms with Crippen LogP contribution >= 0.6 is 0 Å². The third-order valence-corrected chi connectivity index (χ3v) is 5.44. The van der Waals surface area contributed by atoms with E-state index in [0.717, 1.165) is 39.0 Å². The molecule has 3 aromatic carbocycles. The van der Waals surface area contributed by atoms with Crippen molar-refractivity contribution in [3.05, 3.63) is 101 Å². The highest BCUT2D eigenvalue weighted by Crippen LogP contribution is 2.39. The van der Waals surface area contributed by atoms with Crippen LogP contribution in [0.4, 0.5) is 0 Å². The molecule has 1 N–H and O–H groups in total. The highest BCUT2D eigenvalue weighted by Gasteiger charge is 2.36. The third-order valence-electron chi connectivity index (χ3n) is 5.44. The molecule has 1 aliphatic rings. The molecular weight excluding hydrogens is 348 g/mol. The number of aromatic amines is 1. The molecule has 4 heteroatoms. The molecule has 28 heavy (non-hydrogen) atoms.